The molecule has 21 heavy (non-hydrogen) atoms. The highest BCUT2D eigenvalue weighted by molar-refractivity contribution is 7.09. The van der Waals surface area contributed by atoms with E-state index >= 15 is 0 Å². The van der Waals surface area contributed by atoms with Crippen molar-refractivity contribution in [1.82, 2.24) is 9.88 Å². The van der Waals surface area contributed by atoms with Gasteiger partial charge in [0.1, 0.15) is 11.1 Å². The zero-order valence-electron chi connectivity index (χ0n) is 12.8. The van der Waals surface area contributed by atoms with Crippen LogP contribution in [-0.2, 0) is 11.3 Å². The summed E-state index contributed by atoms with van der Waals surface area (Å²) in [4.78, 5) is 7.03. The molecule has 0 radical (unpaired) electrons. The molecular formula is C16H26N2O2S. The number of aromatic nitrogens is 1. The molecule has 1 aromatic heterocycles. The number of hydrogen-bond acceptors (Lipinski definition) is 5. The van der Waals surface area contributed by atoms with Gasteiger partial charge in [-0.1, -0.05) is 12.8 Å². The topological polar surface area (TPSA) is 45.6 Å². The Hall–Kier alpha value is -0.490. The van der Waals surface area contributed by atoms with Crippen molar-refractivity contribution in [1.29, 1.82) is 0 Å². The number of aliphatic hydroxyl groups is 1. The minimum Gasteiger partial charge on any atom is -0.393 e. The van der Waals surface area contributed by atoms with Crippen molar-refractivity contribution in [3.8, 4) is 0 Å². The molecule has 4 nitrogen and oxygen atoms in total. The molecule has 1 saturated carbocycles. The quantitative estimate of drug-likeness (QED) is 0.908. The molecular weight excluding hydrogens is 284 g/mol. The number of rotatable bonds is 5. The molecule has 0 bridgehead atoms. The average molecular weight is 310 g/mol. The number of ether oxygens (including phenoxy) is 1. The van der Waals surface area contributed by atoms with Gasteiger partial charge in [0.15, 0.2) is 0 Å². The lowest BCUT2D eigenvalue weighted by molar-refractivity contribution is 0.0499. The van der Waals surface area contributed by atoms with Crippen LogP contribution in [0.4, 0.5) is 0 Å². The fourth-order valence-electron chi connectivity index (χ4n) is 3.46. The van der Waals surface area contributed by atoms with Gasteiger partial charge >= 0.3 is 0 Å². The maximum Gasteiger partial charge on any atom is 0.122 e. The molecule has 3 unspecified atom stereocenters. The van der Waals surface area contributed by atoms with Crippen molar-refractivity contribution >= 4 is 11.3 Å². The standard InChI is InChI=1S/C16H26N2O2S/c1-18(9-12-5-2-3-6-14(12)19)10-13-11-21-16(17-13)15-7-4-8-20-15/h11-12,14-15,19H,2-10H2,1H3. The van der Waals surface area contributed by atoms with Crippen molar-refractivity contribution in [2.24, 2.45) is 5.92 Å². The first-order valence-electron chi connectivity index (χ1n) is 8.15. The van der Waals surface area contributed by atoms with Crippen LogP contribution in [0.2, 0.25) is 0 Å². The fraction of sp³-hybridized carbons (Fsp3) is 0.812. The molecule has 2 fully saturated rings. The Morgan fingerprint density at radius 1 is 1.33 bits per heavy atom. The van der Waals surface area contributed by atoms with Gasteiger partial charge in [-0.05, 0) is 38.6 Å². The first kappa shape index (κ1) is 15.4. The molecule has 0 aromatic carbocycles. The molecule has 1 aromatic rings. The van der Waals surface area contributed by atoms with Gasteiger partial charge in [-0.3, -0.25) is 0 Å². The molecule has 0 amide bonds. The third kappa shape index (κ3) is 4.03. The van der Waals surface area contributed by atoms with Crippen LogP contribution >= 0.6 is 11.3 Å². The molecule has 1 N–H and O–H groups in total. The van der Waals surface area contributed by atoms with Crippen LogP contribution in [0.1, 0.15) is 55.3 Å². The SMILES string of the molecule is CN(Cc1csc(C2CCCO2)n1)CC1CCCCC1O. The van der Waals surface area contributed by atoms with Crippen LogP contribution in [0.15, 0.2) is 5.38 Å². The van der Waals surface area contributed by atoms with E-state index in [2.05, 4.69) is 17.3 Å². The number of aliphatic hydroxyl groups excluding tert-OH is 1. The van der Waals surface area contributed by atoms with Gasteiger partial charge in [0.05, 0.1) is 11.8 Å². The molecule has 1 saturated heterocycles. The van der Waals surface area contributed by atoms with Gasteiger partial charge in [-0.25, -0.2) is 4.98 Å². The molecule has 118 valence electrons. The number of hydrogen-bond donors (Lipinski definition) is 1. The summed E-state index contributed by atoms with van der Waals surface area (Å²) in [5.74, 6) is 0.431. The van der Waals surface area contributed by atoms with Crippen molar-refractivity contribution in [3.63, 3.8) is 0 Å². The Balaban J connectivity index is 1.51. The third-order valence-electron chi connectivity index (χ3n) is 4.62. The van der Waals surface area contributed by atoms with E-state index in [4.69, 9.17) is 9.72 Å². The molecule has 2 heterocycles. The predicted octanol–water partition coefficient (Wildman–Crippen LogP) is 2.98. The van der Waals surface area contributed by atoms with Gasteiger partial charge < -0.3 is 14.7 Å². The van der Waals surface area contributed by atoms with Crippen LogP contribution < -0.4 is 0 Å². The maximum atomic E-state index is 10.1. The van der Waals surface area contributed by atoms with Crippen molar-refractivity contribution < 1.29 is 9.84 Å². The van der Waals surface area contributed by atoms with E-state index in [1.807, 2.05) is 0 Å². The van der Waals surface area contributed by atoms with Crippen molar-refractivity contribution in [2.45, 2.75) is 57.3 Å². The predicted molar refractivity (Wildman–Crippen MR) is 84.3 cm³/mol. The lowest BCUT2D eigenvalue weighted by Gasteiger charge is -2.30. The van der Waals surface area contributed by atoms with Crippen LogP contribution in [-0.4, -0.2) is 41.3 Å². The second-order valence-electron chi connectivity index (χ2n) is 6.49. The summed E-state index contributed by atoms with van der Waals surface area (Å²) in [5.41, 5.74) is 1.14. The van der Waals surface area contributed by atoms with Crippen LogP contribution in [0.5, 0.6) is 0 Å². The van der Waals surface area contributed by atoms with Gasteiger partial charge in [0, 0.05) is 25.1 Å². The average Bonchev–Trinajstić information content (AvgIpc) is 3.12. The summed E-state index contributed by atoms with van der Waals surface area (Å²) in [6.07, 6.45) is 6.94. The summed E-state index contributed by atoms with van der Waals surface area (Å²) in [7, 11) is 2.13. The van der Waals surface area contributed by atoms with E-state index in [-0.39, 0.29) is 12.2 Å². The van der Waals surface area contributed by atoms with Gasteiger partial charge in [0.2, 0.25) is 0 Å². The minimum absolute atomic E-state index is 0.112. The normalized spacial score (nSPS) is 30.1. The molecule has 0 spiro atoms. The third-order valence-corrected chi connectivity index (χ3v) is 5.61. The Kier molecular flexibility index (Phi) is 5.27. The smallest absolute Gasteiger partial charge is 0.122 e. The Bertz CT molecular complexity index is 445. The summed E-state index contributed by atoms with van der Waals surface area (Å²) in [6.45, 7) is 2.71. The number of nitrogens with zero attached hydrogens (tertiary/aromatic N) is 2. The summed E-state index contributed by atoms with van der Waals surface area (Å²) in [5, 5.41) is 13.4. The lowest BCUT2D eigenvalue weighted by atomic mass is 9.86. The molecule has 1 aliphatic heterocycles. The van der Waals surface area contributed by atoms with Crippen molar-refractivity contribution in [2.75, 3.05) is 20.2 Å². The second-order valence-corrected chi connectivity index (χ2v) is 7.38. The van der Waals surface area contributed by atoms with Gasteiger partial charge in [-0.15, -0.1) is 11.3 Å². The van der Waals surface area contributed by atoms with Crippen LogP contribution in [0.25, 0.3) is 0 Å². The highest BCUT2D eigenvalue weighted by Gasteiger charge is 2.25. The largest absolute Gasteiger partial charge is 0.393 e. The highest BCUT2D eigenvalue weighted by atomic mass is 32.1. The highest BCUT2D eigenvalue weighted by Crippen LogP contribution is 2.31. The molecule has 3 rings (SSSR count). The van der Waals surface area contributed by atoms with Crippen LogP contribution in [0.3, 0.4) is 0 Å². The first-order valence-corrected chi connectivity index (χ1v) is 9.03. The van der Waals surface area contributed by atoms with E-state index < -0.39 is 0 Å². The van der Waals surface area contributed by atoms with E-state index in [1.165, 1.54) is 12.8 Å². The zero-order chi connectivity index (χ0) is 14.7. The monoisotopic (exact) mass is 310 g/mol. The van der Waals surface area contributed by atoms with E-state index in [9.17, 15) is 5.11 Å². The molecule has 3 atom stereocenters. The maximum absolute atomic E-state index is 10.1. The fourth-order valence-corrected chi connectivity index (χ4v) is 4.35. The summed E-state index contributed by atoms with van der Waals surface area (Å²) in [6, 6.07) is 0. The molecule has 5 heteroatoms. The molecule has 1 aliphatic carbocycles. The zero-order valence-corrected chi connectivity index (χ0v) is 13.6. The Morgan fingerprint density at radius 2 is 2.19 bits per heavy atom. The Morgan fingerprint density at radius 3 is 2.95 bits per heavy atom. The molecule has 2 aliphatic rings. The lowest BCUT2D eigenvalue weighted by Crippen LogP contribution is -2.34. The van der Waals surface area contributed by atoms with E-state index in [0.717, 1.165) is 56.1 Å². The number of thiazole rings is 1. The van der Waals surface area contributed by atoms with Crippen molar-refractivity contribution in [3.05, 3.63) is 16.1 Å². The van der Waals surface area contributed by atoms with E-state index in [0.29, 0.717) is 5.92 Å². The minimum atomic E-state index is -0.112. The van der Waals surface area contributed by atoms with Gasteiger partial charge in [-0.2, -0.15) is 0 Å². The second kappa shape index (κ2) is 7.18. The van der Waals surface area contributed by atoms with Gasteiger partial charge in [0.25, 0.3) is 0 Å². The van der Waals surface area contributed by atoms with E-state index in [1.54, 1.807) is 11.3 Å². The first-order chi connectivity index (χ1) is 10.2. The summed E-state index contributed by atoms with van der Waals surface area (Å²) >= 11 is 1.72. The summed E-state index contributed by atoms with van der Waals surface area (Å²) < 4.78 is 5.69. The Labute approximate surface area is 131 Å². The van der Waals surface area contributed by atoms with Crippen LogP contribution in [0, 0.1) is 5.92 Å².